The summed E-state index contributed by atoms with van der Waals surface area (Å²) in [5, 5.41) is 2.63. The third-order valence-electron chi connectivity index (χ3n) is 4.66. The maximum Gasteiger partial charge on any atom is 0.419 e. The van der Waals surface area contributed by atoms with Crippen LogP contribution in [0.1, 0.15) is 0 Å². The van der Waals surface area contributed by atoms with E-state index in [2.05, 4.69) is 73.8 Å². The lowest BCUT2D eigenvalue weighted by atomic mass is 10.4. The van der Waals surface area contributed by atoms with Gasteiger partial charge in [-0.2, -0.15) is 0 Å². The fourth-order valence-corrected chi connectivity index (χ4v) is 21.4. The summed E-state index contributed by atoms with van der Waals surface area (Å²) in [5.41, 5.74) is 0. The molecule has 2 unspecified atom stereocenters. The lowest BCUT2D eigenvalue weighted by molar-refractivity contribution is 0.427. The highest BCUT2D eigenvalue weighted by molar-refractivity contribution is 7.19. The van der Waals surface area contributed by atoms with Gasteiger partial charge in [0, 0.05) is 0 Å². The lowest BCUT2D eigenvalue weighted by Gasteiger charge is -2.33. The van der Waals surface area contributed by atoms with E-state index in [1.54, 1.807) is 0 Å². The minimum Gasteiger partial charge on any atom is -0.421 e. The number of halogens is 1. The molecule has 3 rings (SSSR count). The van der Waals surface area contributed by atoms with E-state index >= 15 is 0 Å². The zero-order valence-electron chi connectivity index (χ0n) is 13.9. The average molecular weight is 379 g/mol. The fraction of sp³-hybridized carbons (Fsp3) is 0.294. The summed E-state index contributed by atoms with van der Waals surface area (Å²) in [4.78, 5) is 0. The van der Waals surface area contributed by atoms with Gasteiger partial charge in [-0.15, -0.1) is 11.1 Å². The van der Waals surface area contributed by atoms with Crippen molar-refractivity contribution in [3.63, 3.8) is 0 Å². The van der Waals surface area contributed by atoms with Crippen LogP contribution in [0.4, 0.5) is 0 Å². The van der Waals surface area contributed by atoms with Crippen molar-refractivity contribution in [1.29, 1.82) is 0 Å². The van der Waals surface area contributed by atoms with Crippen molar-refractivity contribution < 1.29 is 8.23 Å². The molecule has 0 radical (unpaired) electrons. The van der Waals surface area contributed by atoms with E-state index in [0.29, 0.717) is 0 Å². The van der Waals surface area contributed by atoms with Gasteiger partial charge in [-0.3, -0.25) is 0 Å². The Morgan fingerprint density at radius 3 is 1.39 bits per heavy atom. The Kier molecular flexibility index (Phi) is 4.70. The van der Waals surface area contributed by atoms with Crippen LogP contribution in [0, 0.1) is 0 Å². The number of hydrogen-bond donors (Lipinski definition) is 0. The van der Waals surface area contributed by atoms with Gasteiger partial charge in [0.15, 0.2) is 0 Å². The molecular formula is C17H23ClO2Si3. The summed E-state index contributed by atoms with van der Waals surface area (Å²) in [7, 11) is -6.84. The van der Waals surface area contributed by atoms with Gasteiger partial charge in [-0.25, -0.2) is 0 Å². The molecule has 1 aliphatic rings. The van der Waals surface area contributed by atoms with E-state index in [-0.39, 0.29) is 0 Å². The van der Waals surface area contributed by atoms with Gasteiger partial charge in [0.25, 0.3) is 0 Å². The normalized spacial score (nSPS) is 34.8. The van der Waals surface area contributed by atoms with Crippen molar-refractivity contribution in [2.24, 2.45) is 0 Å². The molecule has 6 heteroatoms. The molecule has 0 bridgehead atoms. The summed E-state index contributed by atoms with van der Waals surface area (Å²) in [6.45, 7) is 6.55. The number of rotatable bonds is 2. The summed E-state index contributed by atoms with van der Waals surface area (Å²) >= 11 is 6.81. The zero-order chi connectivity index (χ0) is 16.6. The van der Waals surface area contributed by atoms with Gasteiger partial charge in [-0.05, 0) is 42.1 Å². The van der Waals surface area contributed by atoms with E-state index < -0.39 is 24.5 Å². The molecule has 1 heterocycles. The van der Waals surface area contributed by atoms with Crippen LogP contribution in [0.2, 0.25) is 31.7 Å². The van der Waals surface area contributed by atoms with Crippen molar-refractivity contribution in [3.05, 3.63) is 60.7 Å². The van der Waals surface area contributed by atoms with Gasteiger partial charge in [0.2, 0.25) is 16.6 Å². The molecule has 1 fully saturated rings. The van der Waals surface area contributed by atoms with E-state index in [0.717, 1.165) is 12.1 Å². The molecule has 0 spiro atoms. The SMILES string of the molecule is C[Si]1(Cl)O[Si](C)(c2ccccc2)CC[Si](C)(c2ccccc2)O1. The maximum absolute atomic E-state index is 6.81. The molecule has 2 aromatic rings. The molecule has 0 amide bonds. The van der Waals surface area contributed by atoms with E-state index in [9.17, 15) is 0 Å². The second-order valence-electron chi connectivity index (χ2n) is 6.73. The molecule has 1 saturated heterocycles. The van der Waals surface area contributed by atoms with E-state index in [1.165, 1.54) is 10.4 Å². The van der Waals surface area contributed by atoms with Crippen LogP contribution < -0.4 is 10.4 Å². The molecule has 0 aromatic heterocycles. The van der Waals surface area contributed by atoms with Crippen LogP contribution in [0.25, 0.3) is 0 Å². The lowest BCUT2D eigenvalue weighted by Crippen LogP contribution is -2.55. The number of hydrogen-bond acceptors (Lipinski definition) is 2. The van der Waals surface area contributed by atoms with Crippen molar-refractivity contribution in [2.75, 3.05) is 0 Å². The smallest absolute Gasteiger partial charge is 0.419 e. The van der Waals surface area contributed by atoms with Gasteiger partial charge in [-0.1, -0.05) is 60.7 Å². The molecule has 2 nitrogen and oxygen atoms in total. The molecule has 2 atom stereocenters. The highest BCUT2D eigenvalue weighted by Crippen LogP contribution is 2.34. The predicted molar refractivity (Wildman–Crippen MR) is 105 cm³/mol. The fourth-order valence-electron chi connectivity index (χ4n) is 3.39. The van der Waals surface area contributed by atoms with Crippen molar-refractivity contribution in [3.8, 4) is 0 Å². The highest BCUT2D eigenvalue weighted by atomic mass is 35.6. The highest BCUT2D eigenvalue weighted by Gasteiger charge is 2.51. The third-order valence-corrected chi connectivity index (χ3v) is 18.6. The first-order valence-electron chi connectivity index (χ1n) is 8.03. The predicted octanol–water partition coefficient (Wildman–Crippen LogP) is 3.81. The molecule has 23 heavy (non-hydrogen) atoms. The standard InChI is InChI=1S/C17H23ClO2Si3/c1-21(16-10-6-4-7-11-16)14-15-22(2,20-23(3,18)19-21)17-12-8-5-9-13-17/h4-13H,14-15H2,1-3H3. The second-order valence-corrected chi connectivity index (χ2v) is 19.2. The van der Waals surface area contributed by atoms with Gasteiger partial charge in [0.05, 0.1) is 0 Å². The molecule has 2 aromatic carbocycles. The topological polar surface area (TPSA) is 18.5 Å². The largest absolute Gasteiger partial charge is 0.421 e. The quantitative estimate of drug-likeness (QED) is 0.584. The average Bonchev–Trinajstić information content (AvgIpc) is 2.63. The number of benzene rings is 2. The Morgan fingerprint density at radius 2 is 1.04 bits per heavy atom. The molecule has 1 aliphatic heterocycles. The van der Waals surface area contributed by atoms with Crippen LogP contribution in [0.3, 0.4) is 0 Å². The summed E-state index contributed by atoms with van der Waals surface area (Å²) in [5.74, 6) is 0. The van der Waals surface area contributed by atoms with Crippen molar-refractivity contribution in [1.82, 2.24) is 0 Å². The Bertz CT molecular complexity index is 611. The van der Waals surface area contributed by atoms with Crippen LogP contribution in [-0.4, -0.2) is 24.5 Å². The first-order valence-corrected chi connectivity index (χ1v) is 16.6. The summed E-state index contributed by atoms with van der Waals surface area (Å²) < 4.78 is 13.1. The van der Waals surface area contributed by atoms with Crippen LogP contribution >= 0.6 is 11.1 Å². The van der Waals surface area contributed by atoms with Crippen LogP contribution in [-0.2, 0) is 8.23 Å². The van der Waals surface area contributed by atoms with Gasteiger partial charge < -0.3 is 8.23 Å². The molecular weight excluding hydrogens is 356 g/mol. The molecule has 0 saturated carbocycles. The Labute approximate surface area is 146 Å². The maximum atomic E-state index is 6.81. The Hall–Kier alpha value is -0.699. The van der Waals surface area contributed by atoms with Crippen LogP contribution in [0.5, 0.6) is 0 Å². The zero-order valence-corrected chi connectivity index (χ0v) is 17.6. The van der Waals surface area contributed by atoms with E-state index in [4.69, 9.17) is 19.3 Å². The van der Waals surface area contributed by atoms with Crippen molar-refractivity contribution in [2.45, 2.75) is 31.7 Å². The summed E-state index contributed by atoms with van der Waals surface area (Å²) in [6, 6.07) is 23.3. The molecule has 122 valence electrons. The van der Waals surface area contributed by atoms with Gasteiger partial charge in [0.1, 0.15) is 0 Å². The molecule has 0 N–H and O–H groups in total. The van der Waals surface area contributed by atoms with E-state index in [1.807, 2.05) is 6.55 Å². The Balaban J connectivity index is 1.97. The summed E-state index contributed by atoms with van der Waals surface area (Å²) in [6.07, 6.45) is 0. The first kappa shape index (κ1) is 17.1. The monoisotopic (exact) mass is 378 g/mol. The first-order chi connectivity index (χ1) is 10.8. The van der Waals surface area contributed by atoms with Gasteiger partial charge >= 0.3 is 7.87 Å². The minimum atomic E-state index is -2.68. The van der Waals surface area contributed by atoms with Crippen molar-refractivity contribution >= 4 is 46.0 Å². The third kappa shape index (κ3) is 3.70. The Morgan fingerprint density at radius 1 is 0.696 bits per heavy atom. The molecule has 0 aliphatic carbocycles. The van der Waals surface area contributed by atoms with Crippen LogP contribution in [0.15, 0.2) is 60.7 Å². The second kappa shape index (κ2) is 6.31. The minimum absolute atomic E-state index is 1.06.